The molecule has 2 N–H and O–H groups in total. The topological polar surface area (TPSA) is 50.4 Å². The number of anilines is 1. The van der Waals surface area contributed by atoms with Gasteiger partial charge in [0.1, 0.15) is 0 Å². The molecule has 0 aliphatic heterocycles. The molecule has 1 atom stereocenters. The molecule has 0 fully saturated rings. The number of benzene rings is 1. The van der Waals surface area contributed by atoms with E-state index in [-0.39, 0.29) is 11.9 Å². The molecule has 118 valence electrons. The summed E-state index contributed by atoms with van der Waals surface area (Å²) in [6.45, 7) is 8.52. The van der Waals surface area contributed by atoms with Crippen molar-refractivity contribution in [1.82, 2.24) is 5.32 Å². The number of carbonyl (C=O) groups excluding carboxylic acids is 1. The quantitative estimate of drug-likeness (QED) is 0.649. The van der Waals surface area contributed by atoms with Gasteiger partial charge in [-0.3, -0.25) is 4.79 Å². The van der Waals surface area contributed by atoms with E-state index in [1.807, 2.05) is 18.2 Å². The Hall–Kier alpha value is -1.39. The Balaban J connectivity index is 2.46. The zero-order chi connectivity index (χ0) is 15.5. The number of rotatable bonds is 10. The maximum Gasteiger partial charge on any atom is 0.226 e. The third-order valence-electron chi connectivity index (χ3n) is 3.19. The van der Waals surface area contributed by atoms with E-state index in [0.717, 1.165) is 25.1 Å². The normalized spacial score (nSPS) is 12.1. The number of hydrogen-bond donors (Lipinski definition) is 2. The zero-order valence-electron chi connectivity index (χ0n) is 13.4. The maximum absolute atomic E-state index is 11.8. The van der Waals surface area contributed by atoms with E-state index < -0.39 is 0 Å². The molecular weight excluding hydrogens is 264 g/mol. The minimum Gasteiger partial charge on any atom is -0.381 e. The van der Waals surface area contributed by atoms with Crippen molar-refractivity contribution in [2.75, 3.05) is 25.1 Å². The molecular formula is C17H28N2O2. The van der Waals surface area contributed by atoms with Gasteiger partial charge in [0.05, 0.1) is 13.0 Å². The highest BCUT2D eigenvalue weighted by Crippen LogP contribution is 2.17. The molecule has 0 heterocycles. The first-order valence-electron chi connectivity index (χ1n) is 7.88. The van der Waals surface area contributed by atoms with Crippen molar-refractivity contribution in [1.29, 1.82) is 0 Å². The predicted molar refractivity (Wildman–Crippen MR) is 87.5 cm³/mol. The van der Waals surface area contributed by atoms with Gasteiger partial charge in [0.25, 0.3) is 0 Å². The summed E-state index contributed by atoms with van der Waals surface area (Å²) in [4.78, 5) is 11.8. The second-order valence-corrected chi connectivity index (χ2v) is 5.21. The Kier molecular flexibility index (Phi) is 8.71. The molecule has 0 saturated carbocycles. The molecule has 1 rings (SSSR count). The second-order valence-electron chi connectivity index (χ2n) is 5.21. The average molecular weight is 292 g/mol. The van der Waals surface area contributed by atoms with Crippen LogP contribution in [0.2, 0.25) is 0 Å². The van der Waals surface area contributed by atoms with Gasteiger partial charge in [0.15, 0.2) is 0 Å². The van der Waals surface area contributed by atoms with Crippen molar-refractivity contribution in [3.8, 4) is 0 Å². The highest BCUT2D eigenvalue weighted by molar-refractivity contribution is 5.90. The number of ether oxygens (including phenoxy) is 1. The third kappa shape index (κ3) is 7.25. The number of carbonyl (C=O) groups is 1. The van der Waals surface area contributed by atoms with E-state index >= 15 is 0 Å². The Labute approximate surface area is 128 Å². The zero-order valence-corrected chi connectivity index (χ0v) is 13.4. The van der Waals surface area contributed by atoms with Crippen LogP contribution in [0.1, 0.15) is 51.6 Å². The maximum atomic E-state index is 11.8. The van der Waals surface area contributed by atoms with Crippen LogP contribution >= 0.6 is 0 Å². The van der Waals surface area contributed by atoms with Crippen molar-refractivity contribution in [3.05, 3.63) is 29.8 Å². The van der Waals surface area contributed by atoms with Crippen LogP contribution in [-0.4, -0.2) is 25.7 Å². The molecule has 1 aromatic carbocycles. The van der Waals surface area contributed by atoms with Crippen molar-refractivity contribution >= 4 is 11.6 Å². The smallest absolute Gasteiger partial charge is 0.226 e. The van der Waals surface area contributed by atoms with Crippen molar-refractivity contribution in [2.24, 2.45) is 0 Å². The lowest BCUT2D eigenvalue weighted by Gasteiger charge is -2.15. The molecule has 4 nitrogen and oxygen atoms in total. The van der Waals surface area contributed by atoms with Crippen molar-refractivity contribution in [3.63, 3.8) is 0 Å². The third-order valence-corrected chi connectivity index (χ3v) is 3.19. The monoisotopic (exact) mass is 292 g/mol. The fraction of sp³-hybridized carbons (Fsp3) is 0.588. The lowest BCUT2D eigenvalue weighted by Crippen LogP contribution is -2.19. The summed E-state index contributed by atoms with van der Waals surface area (Å²) in [7, 11) is 0. The summed E-state index contributed by atoms with van der Waals surface area (Å²) >= 11 is 0. The van der Waals surface area contributed by atoms with E-state index in [9.17, 15) is 4.79 Å². The Bertz CT molecular complexity index is 421. The molecule has 1 unspecified atom stereocenters. The van der Waals surface area contributed by atoms with Crippen LogP contribution in [0.25, 0.3) is 0 Å². The Morgan fingerprint density at radius 1 is 1.24 bits per heavy atom. The average Bonchev–Trinajstić information content (AvgIpc) is 2.49. The minimum atomic E-state index is -0.00239. The second kappa shape index (κ2) is 10.4. The fourth-order valence-electron chi connectivity index (χ4n) is 2.00. The van der Waals surface area contributed by atoms with Crippen LogP contribution in [0.5, 0.6) is 0 Å². The van der Waals surface area contributed by atoms with Gasteiger partial charge in [-0.1, -0.05) is 26.0 Å². The van der Waals surface area contributed by atoms with Gasteiger partial charge in [0, 0.05) is 18.3 Å². The van der Waals surface area contributed by atoms with Crippen LogP contribution in [0.15, 0.2) is 24.3 Å². The summed E-state index contributed by atoms with van der Waals surface area (Å²) in [5, 5.41) is 6.37. The van der Waals surface area contributed by atoms with Crippen molar-refractivity contribution in [2.45, 2.75) is 46.1 Å². The van der Waals surface area contributed by atoms with E-state index in [0.29, 0.717) is 19.6 Å². The van der Waals surface area contributed by atoms with Gasteiger partial charge in [-0.15, -0.1) is 0 Å². The molecule has 0 bridgehead atoms. The first-order valence-corrected chi connectivity index (χ1v) is 7.88. The first-order chi connectivity index (χ1) is 10.2. The molecule has 0 aromatic heterocycles. The molecule has 4 heteroatoms. The van der Waals surface area contributed by atoms with Gasteiger partial charge in [0.2, 0.25) is 5.91 Å². The lowest BCUT2D eigenvalue weighted by atomic mass is 10.1. The SMILES string of the molecule is CCCNC(C)c1cccc(NC(=O)CCOCCC)c1. The summed E-state index contributed by atoms with van der Waals surface area (Å²) in [5.41, 5.74) is 2.03. The van der Waals surface area contributed by atoms with E-state index in [1.54, 1.807) is 0 Å². The Morgan fingerprint density at radius 3 is 2.76 bits per heavy atom. The fourth-order valence-corrected chi connectivity index (χ4v) is 2.00. The number of amides is 1. The predicted octanol–water partition coefficient (Wildman–Crippen LogP) is 3.50. The van der Waals surface area contributed by atoms with Crippen LogP contribution in [0, 0.1) is 0 Å². The highest BCUT2D eigenvalue weighted by Gasteiger charge is 2.07. The summed E-state index contributed by atoms with van der Waals surface area (Å²) in [5.74, 6) is -0.00239. The minimum absolute atomic E-state index is 0.00239. The van der Waals surface area contributed by atoms with Crippen LogP contribution in [0.3, 0.4) is 0 Å². The van der Waals surface area contributed by atoms with E-state index in [4.69, 9.17) is 4.74 Å². The van der Waals surface area contributed by atoms with E-state index in [1.165, 1.54) is 5.56 Å². The van der Waals surface area contributed by atoms with Crippen LogP contribution in [-0.2, 0) is 9.53 Å². The summed E-state index contributed by atoms with van der Waals surface area (Å²) in [6.07, 6.45) is 2.48. The molecule has 1 amide bonds. The largest absolute Gasteiger partial charge is 0.381 e. The van der Waals surface area contributed by atoms with Gasteiger partial charge in [-0.25, -0.2) is 0 Å². The number of nitrogens with one attached hydrogen (secondary N) is 2. The van der Waals surface area contributed by atoms with Gasteiger partial charge < -0.3 is 15.4 Å². The standard InChI is InChI=1S/C17H28N2O2/c1-4-10-18-14(3)15-7-6-8-16(13-15)19-17(20)9-12-21-11-5-2/h6-8,13-14,18H,4-5,9-12H2,1-3H3,(H,19,20). The van der Waals surface area contributed by atoms with Crippen LogP contribution in [0.4, 0.5) is 5.69 Å². The van der Waals surface area contributed by atoms with Gasteiger partial charge >= 0.3 is 0 Å². The van der Waals surface area contributed by atoms with Crippen molar-refractivity contribution < 1.29 is 9.53 Å². The van der Waals surface area contributed by atoms with Gasteiger partial charge in [-0.05, 0) is 44.0 Å². The molecule has 0 spiro atoms. The summed E-state index contributed by atoms with van der Waals surface area (Å²) in [6, 6.07) is 8.28. The summed E-state index contributed by atoms with van der Waals surface area (Å²) < 4.78 is 5.33. The molecule has 21 heavy (non-hydrogen) atoms. The molecule has 0 saturated heterocycles. The lowest BCUT2D eigenvalue weighted by molar-refractivity contribution is -0.117. The first kappa shape index (κ1) is 17.7. The highest BCUT2D eigenvalue weighted by atomic mass is 16.5. The molecule has 1 aromatic rings. The van der Waals surface area contributed by atoms with Crippen LogP contribution < -0.4 is 10.6 Å². The number of hydrogen-bond acceptors (Lipinski definition) is 3. The van der Waals surface area contributed by atoms with E-state index in [2.05, 4.69) is 37.5 Å². The van der Waals surface area contributed by atoms with Gasteiger partial charge in [-0.2, -0.15) is 0 Å². The molecule has 0 aliphatic rings. The Morgan fingerprint density at radius 2 is 2.05 bits per heavy atom. The molecule has 0 aliphatic carbocycles. The molecule has 0 radical (unpaired) electrons.